The summed E-state index contributed by atoms with van der Waals surface area (Å²) in [4.78, 5) is 0. The van der Waals surface area contributed by atoms with Gasteiger partial charge in [0.05, 0.1) is 12.0 Å². The van der Waals surface area contributed by atoms with Gasteiger partial charge in [-0.05, 0) is 17.2 Å². The van der Waals surface area contributed by atoms with E-state index in [1.54, 1.807) is 0 Å². The van der Waals surface area contributed by atoms with Gasteiger partial charge in [-0.25, -0.2) is 0 Å². The summed E-state index contributed by atoms with van der Waals surface area (Å²) in [5.41, 5.74) is 0.354. The number of fused-ring (bicyclic) bond motifs is 1. The van der Waals surface area contributed by atoms with Crippen molar-refractivity contribution in [2.24, 2.45) is 5.92 Å². The van der Waals surface area contributed by atoms with Gasteiger partial charge in [0.25, 0.3) is 0 Å². The summed E-state index contributed by atoms with van der Waals surface area (Å²) in [5.74, 6) is -3.13. The molecule has 0 aromatic heterocycles. The van der Waals surface area contributed by atoms with Crippen molar-refractivity contribution in [1.82, 2.24) is 0 Å². The lowest BCUT2D eigenvalue weighted by Crippen LogP contribution is -2.39. The standard InChI is InChI=1S/C12H9ClF6O/c13-9(10(11(14,15)16)12(17,18)19)7-1-2-8-6(5-7)3-4-20-8/h1-2,5,9-10H,3-4H2. The third-order valence-electron chi connectivity index (χ3n) is 3.03. The van der Waals surface area contributed by atoms with Crippen molar-refractivity contribution in [3.8, 4) is 5.75 Å². The fourth-order valence-electron chi connectivity index (χ4n) is 2.09. The Balaban J connectivity index is 2.35. The molecular formula is C12H9ClF6O. The van der Waals surface area contributed by atoms with Gasteiger partial charge >= 0.3 is 12.4 Å². The lowest BCUT2D eigenvalue weighted by Gasteiger charge is -2.27. The number of ether oxygens (including phenoxy) is 1. The molecule has 8 heteroatoms. The van der Waals surface area contributed by atoms with Crippen LogP contribution < -0.4 is 4.74 Å². The van der Waals surface area contributed by atoms with Gasteiger partial charge in [0.1, 0.15) is 5.75 Å². The smallest absolute Gasteiger partial charge is 0.402 e. The van der Waals surface area contributed by atoms with Crippen LogP contribution in [0.4, 0.5) is 26.3 Å². The topological polar surface area (TPSA) is 9.23 Å². The van der Waals surface area contributed by atoms with Crippen molar-refractivity contribution in [3.05, 3.63) is 29.3 Å². The lowest BCUT2D eigenvalue weighted by molar-refractivity contribution is -0.284. The van der Waals surface area contributed by atoms with E-state index in [-0.39, 0.29) is 5.56 Å². The highest BCUT2D eigenvalue weighted by Gasteiger charge is 2.60. The van der Waals surface area contributed by atoms with Gasteiger partial charge in [-0.2, -0.15) is 26.3 Å². The molecule has 0 bridgehead atoms. The lowest BCUT2D eigenvalue weighted by atomic mass is 9.95. The maximum Gasteiger partial charge on any atom is 0.402 e. The summed E-state index contributed by atoms with van der Waals surface area (Å²) in [6.07, 6.45) is -10.5. The van der Waals surface area contributed by atoms with Gasteiger partial charge in [0.15, 0.2) is 5.92 Å². The largest absolute Gasteiger partial charge is 0.493 e. The minimum Gasteiger partial charge on any atom is -0.493 e. The molecule has 1 nitrogen and oxygen atoms in total. The average Bonchev–Trinajstić information content (AvgIpc) is 2.71. The van der Waals surface area contributed by atoms with Crippen molar-refractivity contribution in [1.29, 1.82) is 0 Å². The number of hydrogen-bond donors (Lipinski definition) is 0. The summed E-state index contributed by atoms with van der Waals surface area (Å²) in [7, 11) is 0. The fraction of sp³-hybridized carbons (Fsp3) is 0.500. The molecule has 1 aliphatic heterocycles. The Kier molecular flexibility index (Phi) is 3.83. The van der Waals surface area contributed by atoms with Crippen LogP contribution in [0.1, 0.15) is 16.5 Å². The quantitative estimate of drug-likeness (QED) is 0.570. The summed E-state index contributed by atoms with van der Waals surface area (Å²) in [5, 5.41) is -2.22. The zero-order chi connectivity index (χ0) is 15.1. The first-order chi connectivity index (χ1) is 9.10. The molecule has 1 heterocycles. The Morgan fingerprint density at radius 2 is 1.65 bits per heavy atom. The Bertz CT molecular complexity index is 482. The molecule has 0 spiro atoms. The molecule has 112 valence electrons. The van der Waals surface area contributed by atoms with Crippen LogP contribution >= 0.6 is 11.6 Å². The van der Waals surface area contributed by atoms with Crippen molar-refractivity contribution in [2.45, 2.75) is 24.2 Å². The number of hydrogen-bond acceptors (Lipinski definition) is 1. The highest BCUT2D eigenvalue weighted by Crippen LogP contribution is 2.49. The molecule has 0 N–H and O–H groups in total. The molecule has 0 saturated heterocycles. The van der Waals surface area contributed by atoms with Gasteiger partial charge in [-0.1, -0.05) is 12.1 Å². The van der Waals surface area contributed by atoms with Crippen LogP contribution in [0.15, 0.2) is 18.2 Å². The Labute approximate surface area is 115 Å². The molecule has 1 aliphatic rings. The third kappa shape index (κ3) is 2.97. The SMILES string of the molecule is FC(F)(F)C(C(Cl)c1ccc2c(c1)CCO2)C(F)(F)F. The van der Waals surface area contributed by atoms with E-state index in [1.807, 2.05) is 0 Å². The molecule has 0 fully saturated rings. The highest BCUT2D eigenvalue weighted by molar-refractivity contribution is 6.21. The third-order valence-corrected chi connectivity index (χ3v) is 3.53. The number of halogens is 7. The van der Waals surface area contributed by atoms with Crippen molar-refractivity contribution < 1.29 is 31.1 Å². The molecule has 20 heavy (non-hydrogen) atoms. The molecule has 1 unspecified atom stereocenters. The van der Waals surface area contributed by atoms with E-state index in [1.165, 1.54) is 12.1 Å². The van der Waals surface area contributed by atoms with Crippen molar-refractivity contribution in [3.63, 3.8) is 0 Å². The van der Waals surface area contributed by atoms with Crippen molar-refractivity contribution in [2.75, 3.05) is 6.61 Å². The van der Waals surface area contributed by atoms with E-state index in [0.717, 1.165) is 6.07 Å². The molecule has 0 radical (unpaired) electrons. The van der Waals surface area contributed by atoms with Crippen LogP contribution in [-0.2, 0) is 6.42 Å². The maximum atomic E-state index is 12.6. The average molecular weight is 319 g/mol. The monoisotopic (exact) mass is 318 g/mol. The van der Waals surface area contributed by atoms with Gasteiger partial charge in [0, 0.05) is 6.42 Å². The van der Waals surface area contributed by atoms with Gasteiger partial charge < -0.3 is 4.74 Å². The Morgan fingerprint density at radius 3 is 2.20 bits per heavy atom. The van der Waals surface area contributed by atoms with Gasteiger partial charge in [0.2, 0.25) is 0 Å². The zero-order valence-corrected chi connectivity index (χ0v) is 10.6. The Morgan fingerprint density at radius 1 is 1.05 bits per heavy atom. The maximum absolute atomic E-state index is 12.6. The fourth-order valence-corrected chi connectivity index (χ4v) is 2.51. The van der Waals surface area contributed by atoms with E-state index < -0.39 is 23.6 Å². The second-order valence-corrected chi connectivity index (χ2v) is 4.90. The minimum atomic E-state index is -5.46. The summed E-state index contributed by atoms with van der Waals surface area (Å²) in [6.45, 7) is 0.355. The molecule has 0 aliphatic carbocycles. The minimum absolute atomic E-state index is 0.212. The summed E-state index contributed by atoms with van der Waals surface area (Å²) in [6, 6.07) is 3.72. The molecule has 1 aromatic rings. The zero-order valence-electron chi connectivity index (χ0n) is 9.85. The Hall–Kier alpha value is -1.11. The second-order valence-electron chi connectivity index (χ2n) is 4.43. The highest BCUT2D eigenvalue weighted by atomic mass is 35.5. The number of alkyl halides is 7. The first-order valence-electron chi connectivity index (χ1n) is 5.64. The number of benzene rings is 1. The molecule has 1 aromatic carbocycles. The number of rotatable bonds is 2. The van der Waals surface area contributed by atoms with Gasteiger partial charge in [-0.15, -0.1) is 11.6 Å². The van der Waals surface area contributed by atoms with Gasteiger partial charge in [-0.3, -0.25) is 0 Å². The second kappa shape index (κ2) is 5.02. The van der Waals surface area contributed by atoms with Crippen LogP contribution in [0, 0.1) is 5.92 Å². The van der Waals surface area contributed by atoms with E-state index in [4.69, 9.17) is 16.3 Å². The summed E-state index contributed by atoms with van der Waals surface area (Å²) < 4.78 is 80.7. The molecule has 1 atom stereocenters. The van der Waals surface area contributed by atoms with Crippen molar-refractivity contribution >= 4 is 11.6 Å². The van der Waals surface area contributed by atoms with Crippen LogP contribution in [0.3, 0.4) is 0 Å². The van der Waals surface area contributed by atoms with E-state index in [0.29, 0.717) is 24.3 Å². The first-order valence-corrected chi connectivity index (χ1v) is 6.07. The first kappa shape index (κ1) is 15.3. The predicted molar refractivity (Wildman–Crippen MR) is 59.8 cm³/mol. The van der Waals surface area contributed by atoms with E-state index in [2.05, 4.69) is 0 Å². The van der Waals surface area contributed by atoms with Crippen LogP contribution in [0.25, 0.3) is 0 Å². The van der Waals surface area contributed by atoms with E-state index in [9.17, 15) is 26.3 Å². The van der Waals surface area contributed by atoms with Crippen LogP contribution in [0.5, 0.6) is 5.75 Å². The summed E-state index contributed by atoms with van der Waals surface area (Å²) >= 11 is 5.46. The molecule has 2 rings (SSSR count). The molecule has 0 saturated carbocycles. The molecule has 0 amide bonds. The molecular weight excluding hydrogens is 310 g/mol. The van der Waals surface area contributed by atoms with E-state index >= 15 is 0 Å². The predicted octanol–water partition coefficient (Wildman–Crippen LogP) is 4.64. The van der Waals surface area contributed by atoms with Crippen LogP contribution in [0.2, 0.25) is 0 Å². The normalized spacial score (nSPS) is 17.0. The van der Waals surface area contributed by atoms with Crippen LogP contribution in [-0.4, -0.2) is 19.0 Å².